The molecule has 2 atom stereocenters. The first-order chi connectivity index (χ1) is 9.88. The minimum absolute atomic E-state index is 0.0375. The number of aliphatic carboxylic acids is 1. The smallest absolute Gasteiger partial charge is 0.332 e. The molecule has 1 fully saturated rings. The van der Waals surface area contributed by atoms with Crippen molar-refractivity contribution in [1.29, 1.82) is 0 Å². The molecule has 0 saturated carbocycles. The molecule has 112 valence electrons. The first-order valence-electron chi connectivity index (χ1n) is 6.01. The first-order valence-corrected chi connectivity index (χ1v) is 6.01. The molecule has 21 heavy (non-hydrogen) atoms. The van der Waals surface area contributed by atoms with Gasteiger partial charge in [0.25, 0.3) is 5.91 Å². The van der Waals surface area contributed by atoms with E-state index in [0.717, 1.165) is 12.1 Å². The molecule has 0 spiro atoms. The third kappa shape index (κ3) is 3.31. The van der Waals surface area contributed by atoms with E-state index in [2.05, 4.69) is 5.32 Å². The lowest BCUT2D eigenvalue weighted by atomic mass is 10.2. The molecule has 2 unspecified atom stereocenters. The van der Waals surface area contributed by atoms with Gasteiger partial charge >= 0.3 is 11.7 Å². The van der Waals surface area contributed by atoms with Gasteiger partial charge in [0.2, 0.25) is 5.82 Å². The predicted octanol–water partition coefficient (Wildman–Crippen LogP) is 1.30. The van der Waals surface area contributed by atoms with Gasteiger partial charge in [-0.25, -0.2) is 4.79 Å². The average molecular weight is 298 g/mol. The quantitative estimate of drug-likeness (QED) is 0.639. The number of nitro benzene ring substituents is 1. The number of nitrogens with one attached hydrogen (secondary N) is 1. The van der Waals surface area contributed by atoms with E-state index in [1.165, 1.54) is 6.07 Å². The molecule has 9 heteroatoms. The van der Waals surface area contributed by atoms with Crippen molar-refractivity contribution in [3.8, 4) is 0 Å². The van der Waals surface area contributed by atoms with Gasteiger partial charge < -0.3 is 15.2 Å². The van der Waals surface area contributed by atoms with Gasteiger partial charge in [-0.05, 0) is 25.0 Å². The predicted molar refractivity (Wildman–Crippen MR) is 67.2 cm³/mol. The van der Waals surface area contributed by atoms with Gasteiger partial charge in [0.05, 0.1) is 4.92 Å². The Balaban J connectivity index is 2.05. The maximum atomic E-state index is 13.2. The van der Waals surface area contributed by atoms with Crippen LogP contribution in [0, 0.1) is 15.9 Å². The Hall–Kier alpha value is -2.55. The van der Waals surface area contributed by atoms with Gasteiger partial charge in [0.1, 0.15) is 6.10 Å². The summed E-state index contributed by atoms with van der Waals surface area (Å²) >= 11 is 0. The number of nitrogens with zero attached hydrogens (tertiary/aromatic N) is 1. The minimum atomic E-state index is -1.15. The highest BCUT2D eigenvalue weighted by molar-refractivity contribution is 5.95. The van der Waals surface area contributed by atoms with E-state index in [1.54, 1.807) is 0 Å². The number of rotatable bonds is 4. The lowest BCUT2D eigenvalue weighted by Crippen LogP contribution is -2.29. The molecule has 1 aliphatic heterocycles. The monoisotopic (exact) mass is 298 g/mol. The number of carboxylic acids is 1. The van der Waals surface area contributed by atoms with E-state index in [-0.39, 0.29) is 18.5 Å². The Labute approximate surface area is 117 Å². The summed E-state index contributed by atoms with van der Waals surface area (Å²) in [5.41, 5.74) is -0.723. The normalized spacial score (nSPS) is 21.0. The number of benzene rings is 1. The topological polar surface area (TPSA) is 119 Å². The van der Waals surface area contributed by atoms with Crippen LogP contribution >= 0.6 is 0 Å². The summed E-state index contributed by atoms with van der Waals surface area (Å²) in [4.78, 5) is 32.3. The Morgan fingerprint density at radius 1 is 1.38 bits per heavy atom. The summed E-state index contributed by atoms with van der Waals surface area (Å²) in [7, 11) is 0. The zero-order valence-corrected chi connectivity index (χ0v) is 10.6. The third-order valence-corrected chi connectivity index (χ3v) is 3.00. The van der Waals surface area contributed by atoms with Gasteiger partial charge in [-0.3, -0.25) is 14.9 Å². The lowest BCUT2D eigenvalue weighted by Gasteiger charge is -2.11. The van der Waals surface area contributed by atoms with Crippen molar-refractivity contribution >= 4 is 23.3 Å². The standard InChI is InChI=1S/C12H11FN2O6/c13-7-2-1-6(5-8(7)15(19)20)14-11(16)9-3-4-10(21-9)12(17)18/h1-2,5,9-10H,3-4H2,(H,14,16)(H,17,18). The molecule has 0 aliphatic carbocycles. The number of anilines is 1. The highest BCUT2D eigenvalue weighted by Gasteiger charge is 2.34. The average Bonchev–Trinajstić information content (AvgIpc) is 2.90. The highest BCUT2D eigenvalue weighted by atomic mass is 19.1. The van der Waals surface area contributed by atoms with Gasteiger partial charge in [-0.15, -0.1) is 0 Å². The van der Waals surface area contributed by atoms with Crippen molar-refractivity contribution in [3.05, 3.63) is 34.1 Å². The Morgan fingerprint density at radius 3 is 2.62 bits per heavy atom. The van der Waals surface area contributed by atoms with Gasteiger partial charge in [-0.1, -0.05) is 0 Å². The molecule has 2 rings (SSSR count). The molecule has 1 aromatic carbocycles. The molecule has 1 heterocycles. The maximum absolute atomic E-state index is 13.2. The second-order valence-electron chi connectivity index (χ2n) is 4.44. The van der Waals surface area contributed by atoms with Gasteiger partial charge in [0, 0.05) is 11.8 Å². The minimum Gasteiger partial charge on any atom is -0.479 e. The van der Waals surface area contributed by atoms with Crippen molar-refractivity contribution in [2.45, 2.75) is 25.0 Å². The Kier molecular flexibility index (Phi) is 4.13. The maximum Gasteiger partial charge on any atom is 0.332 e. The van der Waals surface area contributed by atoms with Gasteiger partial charge in [0.15, 0.2) is 6.10 Å². The number of nitro groups is 1. The van der Waals surface area contributed by atoms with E-state index in [9.17, 15) is 24.1 Å². The molecule has 1 saturated heterocycles. The third-order valence-electron chi connectivity index (χ3n) is 3.00. The Morgan fingerprint density at radius 2 is 2.05 bits per heavy atom. The second kappa shape index (κ2) is 5.83. The molecule has 0 bridgehead atoms. The van der Waals surface area contributed by atoms with Gasteiger partial charge in [-0.2, -0.15) is 4.39 Å². The number of hydrogen-bond donors (Lipinski definition) is 2. The number of halogens is 1. The van der Waals surface area contributed by atoms with Crippen molar-refractivity contribution in [3.63, 3.8) is 0 Å². The molecule has 2 N–H and O–H groups in total. The molecule has 0 radical (unpaired) electrons. The van der Waals surface area contributed by atoms with Crippen molar-refractivity contribution in [2.75, 3.05) is 5.32 Å². The van der Waals surface area contributed by atoms with Crippen LogP contribution in [-0.4, -0.2) is 34.1 Å². The second-order valence-corrected chi connectivity index (χ2v) is 4.44. The summed E-state index contributed by atoms with van der Waals surface area (Å²) in [6, 6.07) is 2.92. The van der Waals surface area contributed by atoms with Crippen LogP contribution < -0.4 is 5.32 Å². The van der Waals surface area contributed by atoms with Crippen LogP contribution in [0.5, 0.6) is 0 Å². The molecule has 0 aromatic heterocycles. The number of ether oxygens (including phenoxy) is 1. The first kappa shape index (κ1) is 14.9. The summed E-state index contributed by atoms with van der Waals surface area (Å²) < 4.78 is 18.2. The molecule has 1 amide bonds. The van der Waals surface area contributed by atoms with Crippen LogP contribution in [0.1, 0.15) is 12.8 Å². The van der Waals surface area contributed by atoms with E-state index in [0.29, 0.717) is 0 Å². The van der Waals surface area contributed by atoms with Crippen LogP contribution in [0.3, 0.4) is 0 Å². The summed E-state index contributed by atoms with van der Waals surface area (Å²) in [5.74, 6) is -2.79. The van der Waals surface area contributed by atoms with Crippen molar-refractivity contribution < 1.29 is 28.7 Å². The van der Waals surface area contributed by atoms with E-state index in [4.69, 9.17) is 9.84 Å². The van der Waals surface area contributed by atoms with E-state index < -0.39 is 40.5 Å². The van der Waals surface area contributed by atoms with Crippen LogP contribution in [0.15, 0.2) is 18.2 Å². The summed E-state index contributed by atoms with van der Waals surface area (Å²) in [6.07, 6.45) is -1.55. The fourth-order valence-corrected chi connectivity index (χ4v) is 1.96. The number of carbonyl (C=O) groups excluding carboxylic acids is 1. The van der Waals surface area contributed by atoms with Crippen molar-refractivity contribution in [1.82, 2.24) is 0 Å². The fraction of sp³-hybridized carbons (Fsp3) is 0.333. The number of carbonyl (C=O) groups is 2. The molecular formula is C12H11FN2O6. The summed E-state index contributed by atoms with van der Waals surface area (Å²) in [6.45, 7) is 0. The largest absolute Gasteiger partial charge is 0.479 e. The number of amides is 1. The van der Waals surface area contributed by atoms with Crippen LogP contribution in [-0.2, 0) is 14.3 Å². The van der Waals surface area contributed by atoms with Crippen LogP contribution in [0.2, 0.25) is 0 Å². The zero-order chi connectivity index (χ0) is 15.6. The number of hydrogen-bond acceptors (Lipinski definition) is 5. The highest BCUT2D eigenvalue weighted by Crippen LogP contribution is 2.24. The number of carboxylic acid groups (broad SMARTS) is 1. The van der Waals surface area contributed by atoms with E-state index >= 15 is 0 Å². The fourth-order valence-electron chi connectivity index (χ4n) is 1.96. The molecular weight excluding hydrogens is 287 g/mol. The zero-order valence-electron chi connectivity index (χ0n) is 10.6. The Bertz CT molecular complexity index is 605. The lowest BCUT2D eigenvalue weighted by molar-refractivity contribution is -0.387. The SMILES string of the molecule is O=C(O)C1CCC(C(=O)Nc2ccc(F)c([N+](=O)[O-])c2)O1. The van der Waals surface area contributed by atoms with Crippen LogP contribution in [0.25, 0.3) is 0 Å². The molecule has 1 aromatic rings. The molecule has 1 aliphatic rings. The summed E-state index contributed by atoms with van der Waals surface area (Å²) in [5, 5.41) is 21.7. The van der Waals surface area contributed by atoms with Crippen LogP contribution in [0.4, 0.5) is 15.8 Å². The molecule has 8 nitrogen and oxygen atoms in total. The van der Waals surface area contributed by atoms with E-state index in [1.807, 2.05) is 0 Å². The van der Waals surface area contributed by atoms with Crippen molar-refractivity contribution in [2.24, 2.45) is 0 Å².